The first kappa shape index (κ1) is 20.1. The van der Waals surface area contributed by atoms with Crippen molar-refractivity contribution in [2.24, 2.45) is 0 Å². The number of fused-ring (bicyclic) bond motifs is 1. The van der Waals surface area contributed by atoms with Crippen LogP contribution in [-0.2, 0) is 6.42 Å². The first-order valence-corrected chi connectivity index (χ1v) is 9.53. The van der Waals surface area contributed by atoms with Crippen LogP contribution in [0.3, 0.4) is 0 Å². The highest BCUT2D eigenvalue weighted by Crippen LogP contribution is 2.47. The lowest BCUT2D eigenvalue weighted by Crippen LogP contribution is -2.34. The molecule has 3 nitrogen and oxygen atoms in total. The number of halogens is 1. The summed E-state index contributed by atoms with van der Waals surface area (Å²) in [4.78, 5) is 2.09. The minimum atomic E-state index is -0.238. The second-order valence-electron chi connectivity index (χ2n) is 6.80. The number of allylic oxidation sites excluding steroid dienone is 2. The summed E-state index contributed by atoms with van der Waals surface area (Å²) in [6.45, 7) is 14.1. The molecule has 142 valence electrons. The molecule has 0 aromatic heterocycles. The van der Waals surface area contributed by atoms with Gasteiger partial charge in [0.1, 0.15) is 11.6 Å². The molecule has 0 fully saturated rings. The lowest BCUT2D eigenvalue weighted by atomic mass is 9.85. The number of nitrogens with two attached hydrogens (primary N) is 1. The van der Waals surface area contributed by atoms with Crippen LogP contribution in [0, 0.1) is 12.7 Å². The maximum Gasteiger partial charge on any atom is 0.133 e. The van der Waals surface area contributed by atoms with Crippen LogP contribution >= 0.6 is 0 Å². The number of rotatable bonds is 6. The van der Waals surface area contributed by atoms with E-state index in [1.54, 1.807) is 13.0 Å². The Morgan fingerprint density at radius 2 is 1.92 bits per heavy atom. The van der Waals surface area contributed by atoms with Crippen molar-refractivity contribution in [2.75, 3.05) is 10.6 Å². The van der Waals surface area contributed by atoms with Gasteiger partial charge in [-0.2, -0.15) is 0 Å². The zero-order valence-corrected chi connectivity index (χ0v) is 16.6. The van der Waals surface area contributed by atoms with Gasteiger partial charge in [-0.05, 0) is 44.3 Å². The van der Waals surface area contributed by atoms with Crippen LogP contribution in [0.5, 0.6) is 0 Å². The van der Waals surface area contributed by atoms with E-state index in [2.05, 4.69) is 25.3 Å². The van der Waals surface area contributed by atoms with Gasteiger partial charge < -0.3 is 15.7 Å². The van der Waals surface area contributed by atoms with Gasteiger partial charge in [-0.25, -0.2) is 4.39 Å². The summed E-state index contributed by atoms with van der Waals surface area (Å²) in [7, 11) is 0. The summed E-state index contributed by atoms with van der Waals surface area (Å²) in [5.41, 5.74) is 10.7. The predicted octanol–water partition coefficient (Wildman–Crippen LogP) is 6.04. The van der Waals surface area contributed by atoms with Crippen molar-refractivity contribution in [2.45, 2.75) is 66.3 Å². The molecule has 1 aromatic rings. The van der Waals surface area contributed by atoms with Gasteiger partial charge in [0, 0.05) is 40.2 Å². The molecule has 1 aromatic carbocycles. The number of nitrogens with zero attached hydrogens (tertiary/aromatic N) is 1. The number of aliphatic hydroxyl groups is 1. The van der Waals surface area contributed by atoms with E-state index in [9.17, 15) is 9.50 Å². The molecule has 26 heavy (non-hydrogen) atoms. The van der Waals surface area contributed by atoms with E-state index in [1.165, 1.54) is 0 Å². The molecule has 2 rings (SSSR count). The fourth-order valence-electron chi connectivity index (χ4n) is 3.74. The lowest BCUT2D eigenvalue weighted by Gasteiger charge is -2.38. The third-order valence-electron chi connectivity index (χ3n) is 5.31. The zero-order valence-electron chi connectivity index (χ0n) is 16.6. The highest BCUT2D eigenvalue weighted by molar-refractivity contribution is 5.98. The number of hydrogen-bond acceptors (Lipinski definition) is 3. The predicted molar refractivity (Wildman–Crippen MR) is 110 cm³/mol. The van der Waals surface area contributed by atoms with Crippen LogP contribution in [0.25, 0.3) is 5.57 Å². The number of anilines is 2. The highest BCUT2D eigenvalue weighted by Gasteiger charge is 2.32. The quantitative estimate of drug-likeness (QED) is 0.482. The van der Waals surface area contributed by atoms with Gasteiger partial charge in [-0.1, -0.05) is 34.3 Å². The van der Waals surface area contributed by atoms with Crippen molar-refractivity contribution < 1.29 is 9.50 Å². The fourth-order valence-corrected chi connectivity index (χ4v) is 3.74. The van der Waals surface area contributed by atoms with Crippen LogP contribution in [0.15, 0.2) is 30.2 Å². The molecule has 0 aliphatic carbocycles. The number of hydrogen-bond donors (Lipinski definition) is 2. The van der Waals surface area contributed by atoms with Crippen molar-refractivity contribution in [1.82, 2.24) is 0 Å². The summed E-state index contributed by atoms with van der Waals surface area (Å²) < 4.78 is 15.0. The summed E-state index contributed by atoms with van der Waals surface area (Å²) in [6, 6.07) is 0.193. The van der Waals surface area contributed by atoms with Crippen LogP contribution in [0.2, 0.25) is 0 Å². The van der Waals surface area contributed by atoms with E-state index in [0.717, 1.165) is 24.1 Å². The second-order valence-corrected chi connectivity index (χ2v) is 6.80. The van der Waals surface area contributed by atoms with E-state index < -0.39 is 0 Å². The van der Waals surface area contributed by atoms with Crippen molar-refractivity contribution >= 4 is 16.9 Å². The molecular formula is C22H31FN2O. The molecule has 0 spiro atoms. The van der Waals surface area contributed by atoms with Crippen molar-refractivity contribution in [3.05, 3.63) is 52.7 Å². The van der Waals surface area contributed by atoms with Crippen LogP contribution < -0.4 is 10.6 Å². The average Bonchev–Trinajstić information content (AvgIpc) is 2.62. The normalized spacial score (nSPS) is 14.7. The van der Waals surface area contributed by atoms with E-state index >= 15 is 0 Å². The zero-order chi connectivity index (χ0) is 19.6. The SMILES string of the molecule is C=C1C(/C(O)=C\CC)=CN(C(CC)CC)c2c(CC)c(F)c(C)c(N)c21. The maximum absolute atomic E-state index is 15.0. The molecule has 1 aliphatic rings. The Labute approximate surface area is 156 Å². The molecule has 3 N–H and O–H groups in total. The third-order valence-corrected chi connectivity index (χ3v) is 5.31. The molecule has 0 unspecified atom stereocenters. The van der Waals surface area contributed by atoms with Gasteiger partial charge in [0.05, 0.1) is 5.69 Å². The van der Waals surface area contributed by atoms with Crippen molar-refractivity contribution in [3.63, 3.8) is 0 Å². The average molecular weight is 359 g/mol. The molecule has 1 heterocycles. The van der Waals surface area contributed by atoms with Crippen molar-refractivity contribution in [3.8, 4) is 0 Å². The first-order valence-electron chi connectivity index (χ1n) is 9.53. The van der Waals surface area contributed by atoms with Gasteiger partial charge in [0.15, 0.2) is 0 Å². The highest BCUT2D eigenvalue weighted by atomic mass is 19.1. The van der Waals surface area contributed by atoms with E-state index in [1.807, 2.05) is 20.0 Å². The molecule has 0 saturated carbocycles. The largest absolute Gasteiger partial charge is 0.508 e. The molecule has 4 heteroatoms. The number of benzene rings is 1. The Morgan fingerprint density at radius 1 is 1.31 bits per heavy atom. The summed E-state index contributed by atoms with van der Waals surface area (Å²) in [5, 5.41) is 10.5. The number of nitrogen functional groups attached to an aromatic ring is 1. The molecule has 0 bridgehead atoms. The Hall–Kier alpha value is -2.23. The minimum absolute atomic E-state index is 0.193. The maximum atomic E-state index is 15.0. The minimum Gasteiger partial charge on any atom is -0.508 e. The summed E-state index contributed by atoms with van der Waals surface area (Å²) >= 11 is 0. The molecular weight excluding hydrogens is 327 g/mol. The summed E-state index contributed by atoms with van der Waals surface area (Å²) in [5.74, 6) is -0.0452. The Balaban J connectivity index is 2.87. The molecule has 0 saturated heterocycles. The third kappa shape index (κ3) is 3.13. The molecule has 0 amide bonds. The Bertz CT molecular complexity index is 773. The standard InChI is InChI=1S/C22H31FN2O/c1-7-11-18(26)17-12-25(15(8-2)9-3)22-16(10-4)20(23)14(6)21(24)19(22)13(17)5/h11-12,15,26H,5,7-10,24H2,1-4,6H3/b18-11+. The lowest BCUT2D eigenvalue weighted by molar-refractivity contribution is 0.423. The van der Waals surface area contributed by atoms with Gasteiger partial charge in [0.2, 0.25) is 0 Å². The Morgan fingerprint density at radius 3 is 2.42 bits per heavy atom. The first-order chi connectivity index (χ1) is 12.3. The monoisotopic (exact) mass is 358 g/mol. The van der Waals surface area contributed by atoms with Gasteiger partial charge in [-0.15, -0.1) is 0 Å². The number of aliphatic hydroxyl groups excluding tert-OH is 1. The summed E-state index contributed by atoms with van der Waals surface area (Å²) in [6.07, 6.45) is 6.77. The second kappa shape index (κ2) is 7.98. The smallest absolute Gasteiger partial charge is 0.133 e. The molecule has 0 atom stereocenters. The van der Waals surface area contributed by atoms with Gasteiger partial charge in [0.25, 0.3) is 0 Å². The molecule has 1 aliphatic heterocycles. The van der Waals surface area contributed by atoms with E-state index in [4.69, 9.17) is 5.73 Å². The molecule has 0 radical (unpaired) electrons. The Kier molecular flexibility index (Phi) is 6.17. The van der Waals surface area contributed by atoms with E-state index in [0.29, 0.717) is 40.8 Å². The van der Waals surface area contributed by atoms with E-state index in [-0.39, 0.29) is 17.6 Å². The van der Waals surface area contributed by atoms with Crippen molar-refractivity contribution in [1.29, 1.82) is 0 Å². The van der Waals surface area contributed by atoms with Gasteiger partial charge in [-0.3, -0.25) is 0 Å². The van der Waals surface area contributed by atoms with Crippen LogP contribution in [0.1, 0.15) is 63.6 Å². The topological polar surface area (TPSA) is 49.5 Å². The fraction of sp³-hybridized carbons (Fsp3) is 0.455. The van der Waals surface area contributed by atoms with Gasteiger partial charge >= 0.3 is 0 Å². The van der Waals surface area contributed by atoms with Crippen LogP contribution in [0.4, 0.5) is 15.8 Å². The van der Waals surface area contributed by atoms with Crippen LogP contribution in [-0.4, -0.2) is 11.1 Å².